The largest absolute Gasteiger partial charge is 0.311 e. The van der Waals surface area contributed by atoms with Gasteiger partial charge in [0, 0.05) is 46.6 Å². The number of hydrogen-bond donors (Lipinski definition) is 0. The molecule has 0 spiro atoms. The molecule has 0 N–H and O–H groups in total. The lowest BCUT2D eigenvalue weighted by Crippen LogP contribution is -2.26. The smallest absolute Gasteiger partial charge is 0.266 e. The molecule has 0 amide bonds. The molecule has 0 saturated heterocycles. The number of hydrogen-bond acceptors (Lipinski definition) is 8. The van der Waals surface area contributed by atoms with Gasteiger partial charge in [-0.25, -0.2) is 9.13 Å². The average molecular weight is 1020 g/mol. The van der Waals surface area contributed by atoms with E-state index in [0.29, 0.717) is 11.4 Å². The second-order valence-corrected chi connectivity index (χ2v) is 19.9. The Labute approximate surface area is 452 Å². The van der Waals surface area contributed by atoms with E-state index < -0.39 is 22.2 Å². The number of fused-ring (bicyclic) bond motifs is 2. The van der Waals surface area contributed by atoms with Gasteiger partial charge in [0.25, 0.3) is 22.2 Å². The van der Waals surface area contributed by atoms with Gasteiger partial charge < -0.3 is 9.80 Å². The molecule has 0 aliphatic carbocycles. The van der Waals surface area contributed by atoms with Gasteiger partial charge in [-0.1, -0.05) is 97.1 Å². The average Bonchev–Trinajstić information content (AvgIpc) is 3.99. The predicted molar refractivity (Wildman–Crippen MR) is 322 cm³/mol. The number of para-hydroxylation sites is 4. The molecule has 11 aromatic rings. The highest BCUT2D eigenvalue weighted by molar-refractivity contribution is 5.99. The van der Waals surface area contributed by atoms with Crippen LogP contribution in [0.15, 0.2) is 211 Å². The van der Waals surface area contributed by atoms with Gasteiger partial charge in [-0.2, -0.15) is 0 Å². The van der Waals surface area contributed by atoms with Crippen molar-refractivity contribution < 1.29 is 0 Å². The van der Waals surface area contributed by atoms with Gasteiger partial charge in [-0.15, -0.1) is 0 Å². The monoisotopic (exact) mass is 1020 g/mol. The number of benzene rings is 9. The lowest BCUT2D eigenvalue weighted by atomic mass is 9.96. The normalized spacial score (nSPS) is 11.7. The Balaban J connectivity index is 0.893. The molecular formula is C68H56N6O4. The summed E-state index contributed by atoms with van der Waals surface area (Å²) < 4.78 is 2.38. The molecule has 10 heteroatoms. The summed E-state index contributed by atoms with van der Waals surface area (Å²) in [6.07, 6.45) is 3.66. The van der Waals surface area contributed by atoms with E-state index in [1.165, 1.54) is 21.3 Å². The van der Waals surface area contributed by atoms with Crippen LogP contribution in [0.2, 0.25) is 0 Å². The highest BCUT2D eigenvalue weighted by atomic mass is 16.2. The van der Waals surface area contributed by atoms with Crippen LogP contribution in [0.3, 0.4) is 0 Å². The molecule has 0 atom stereocenters. The van der Waals surface area contributed by atoms with Crippen molar-refractivity contribution in [2.24, 2.45) is 9.98 Å². The van der Waals surface area contributed by atoms with Gasteiger partial charge in [0.2, 0.25) is 0 Å². The fourth-order valence-electron chi connectivity index (χ4n) is 10.9. The molecule has 9 aromatic carbocycles. The predicted octanol–water partition coefficient (Wildman–Crippen LogP) is 14.8. The number of aromatic nitrogens is 2. The zero-order valence-electron chi connectivity index (χ0n) is 44.8. The second kappa shape index (κ2) is 20.4. The molecule has 0 saturated carbocycles. The van der Waals surface area contributed by atoms with Crippen molar-refractivity contribution in [3.05, 3.63) is 279 Å². The number of nitrogens with zero attached hydrogens (tertiary/aromatic N) is 6. The Morgan fingerprint density at radius 3 is 0.782 bits per heavy atom. The standard InChI is InChI=1S/C68H56N6O4/c1-41-45(5)63(46(6)42(2)61(41)69-39-49-29-33-55(34-30-49)71(51-21-13-9-14-22-51)52-23-15-10-16-24-52)73-65(75)57-37-59-60(38-58(57)66(73)76)68(78)74(67(59)77)64-47(7)43(3)62(44(4)48(64)8)70-40-50-31-35-56(36-32-50)72(53-25-17-11-18-26-53)54-27-19-12-20-28-54/h9-40H,1-8H3. The minimum Gasteiger partial charge on any atom is -0.311 e. The summed E-state index contributed by atoms with van der Waals surface area (Å²) in [6.45, 7) is 15.3. The molecule has 0 unspecified atom stereocenters. The Bertz CT molecular complexity index is 3900. The van der Waals surface area contributed by atoms with E-state index in [0.717, 1.165) is 101 Å². The van der Waals surface area contributed by atoms with Gasteiger partial charge in [0.15, 0.2) is 0 Å². The molecule has 10 nitrogen and oxygen atoms in total. The third-order valence-corrected chi connectivity index (χ3v) is 15.5. The first-order valence-corrected chi connectivity index (χ1v) is 26.0. The van der Waals surface area contributed by atoms with Crippen molar-refractivity contribution in [2.45, 2.75) is 55.4 Å². The molecule has 0 aliphatic rings. The van der Waals surface area contributed by atoms with Gasteiger partial charge in [0.1, 0.15) is 0 Å². The summed E-state index contributed by atoms with van der Waals surface area (Å²) in [6, 6.07) is 60.2. The maximum atomic E-state index is 14.5. The summed E-state index contributed by atoms with van der Waals surface area (Å²) >= 11 is 0. The summed E-state index contributed by atoms with van der Waals surface area (Å²) in [5.74, 6) is 0. The molecule has 2 aromatic heterocycles. The van der Waals surface area contributed by atoms with Crippen LogP contribution >= 0.6 is 0 Å². The van der Waals surface area contributed by atoms with Crippen LogP contribution in [-0.2, 0) is 0 Å². The Morgan fingerprint density at radius 2 is 0.538 bits per heavy atom. The van der Waals surface area contributed by atoms with Crippen molar-refractivity contribution in [3.8, 4) is 11.4 Å². The molecule has 2 heterocycles. The maximum absolute atomic E-state index is 14.5. The zero-order valence-corrected chi connectivity index (χ0v) is 44.8. The Morgan fingerprint density at radius 1 is 0.308 bits per heavy atom. The minimum atomic E-state index is -0.557. The lowest BCUT2D eigenvalue weighted by molar-refractivity contribution is 0.951. The van der Waals surface area contributed by atoms with Crippen molar-refractivity contribution >= 4 is 79.5 Å². The zero-order chi connectivity index (χ0) is 54.5. The van der Waals surface area contributed by atoms with Gasteiger partial charge >= 0.3 is 0 Å². The number of rotatable bonds is 12. The lowest BCUT2D eigenvalue weighted by Gasteiger charge is -2.25. The third-order valence-electron chi connectivity index (χ3n) is 15.5. The molecular weight excluding hydrogens is 965 g/mol. The Hall–Kier alpha value is -9.80. The van der Waals surface area contributed by atoms with Crippen LogP contribution in [0, 0.1) is 55.4 Å². The van der Waals surface area contributed by atoms with Crippen LogP contribution in [0.1, 0.15) is 55.6 Å². The highest BCUT2D eigenvalue weighted by Gasteiger charge is 2.27. The number of aliphatic imine (C=N–C) groups is 2. The van der Waals surface area contributed by atoms with Crippen molar-refractivity contribution in [1.29, 1.82) is 0 Å². The van der Waals surface area contributed by atoms with E-state index in [-0.39, 0.29) is 21.5 Å². The van der Waals surface area contributed by atoms with Gasteiger partial charge in [-0.3, -0.25) is 29.2 Å². The van der Waals surface area contributed by atoms with Gasteiger partial charge in [-0.05, 0) is 196 Å². The van der Waals surface area contributed by atoms with Crippen molar-refractivity contribution in [1.82, 2.24) is 9.13 Å². The maximum Gasteiger partial charge on any atom is 0.266 e. The van der Waals surface area contributed by atoms with Crippen molar-refractivity contribution in [3.63, 3.8) is 0 Å². The van der Waals surface area contributed by atoms with Crippen molar-refractivity contribution in [2.75, 3.05) is 9.80 Å². The first kappa shape index (κ1) is 50.4. The quantitative estimate of drug-likeness (QED) is 0.113. The summed E-state index contributed by atoms with van der Waals surface area (Å²) in [4.78, 5) is 72.5. The topological polar surface area (TPSA) is 109 Å². The summed E-state index contributed by atoms with van der Waals surface area (Å²) in [5, 5.41) is 0.299. The molecule has 78 heavy (non-hydrogen) atoms. The van der Waals surface area contributed by atoms with Crippen LogP contribution in [-0.4, -0.2) is 21.6 Å². The van der Waals surface area contributed by atoms with E-state index in [2.05, 4.69) is 82.6 Å². The van der Waals surface area contributed by atoms with E-state index in [4.69, 9.17) is 9.98 Å². The van der Waals surface area contributed by atoms with E-state index in [1.807, 2.05) is 165 Å². The van der Waals surface area contributed by atoms with Gasteiger partial charge in [0.05, 0.1) is 44.3 Å². The first-order valence-electron chi connectivity index (χ1n) is 26.0. The fraction of sp³-hybridized carbons (Fsp3) is 0.118. The van der Waals surface area contributed by atoms with Crippen LogP contribution in [0.5, 0.6) is 0 Å². The highest BCUT2D eigenvalue weighted by Crippen LogP contribution is 2.39. The third kappa shape index (κ3) is 8.67. The molecule has 0 aliphatic heterocycles. The summed E-state index contributed by atoms with van der Waals surface area (Å²) in [5.41, 5.74) is 14.3. The second-order valence-electron chi connectivity index (χ2n) is 19.9. The molecule has 0 radical (unpaired) electrons. The summed E-state index contributed by atoms with van der Waals surface area (Å²) in [7, 11) is 0. The minimum absolute atomic E-state index is 0.0749. The fourth-order valence-corrected chi connectivity index (χ4v) is 10.9. The van der Waals surface area contributed by atoms with E-state index in [1.54, 1.807) is 0 Å². The molecule has 382 valence electrons. The van der Waals surface area contributed by atoms with Crippen LogP contribution in [0.4, 0.5) is 45.5 Å². The number of anilines is 6. The molecule has 0 fully saturated rings. The van der Waals surface area contributed by atoms with Crippen LogP contribution in [0.25, 0.3) is 32.9 Å². The molecule has 11 rings (SSSR count). The SMILES string of the molecule is Cc1c(C)c(-n2c(=O)c3cc4c(=O)n(-c5c(C)c(C)c(N=Cc6ccc(N(c7ccccc7)c7ccccc7)cc6)c(C)c5C)c(=O)c4cc3c2=O)c(C)c(C)c1N=Cc1ccc(N(c2ccccc2)c2ccccc2)cc1. The van der Waals surface area contributed by atoms with E-state index >= 15 is 0 Å². The van der Waals surface area contributed by atoms with Crippen LogP contribution < -0.4 is 32.0 Å². The van der Waals surface area contributed by atoms with E-state index in [9.17, 15) is 19.2 Å². The molecule has 0 bridgehead atoms. The Kier molecular flexibility index (Phi) is 13.2. The first-order chi connectivity index (χ1) is 37.7.